The molecule has 678 valence electrons. The van der Waals surface area contributed by atoms with Crippen molar-refractivity contribution in [3.05, 3.63) is 188 Å². The predicted molar refractivity (Wildman–Crippen MR) is 428 cm³/mol. The highest BCUT2D eigenvalue weighted by Crippen LogP contribution is 2.24. The van der Waals surface area contributed by atoms with E-state index in [9.17, 15) is 28.8 Å². The van der Waals surface area contributed by atoms with Crippen LogP contribution in [0.2, 0.25) is 0 Å². The molecule has 0 aliphatic carbocycles. The fourth-order valence-electron chi connectivity index (χ4n) is 7.76. The van der Waals surface area contributed by atoms with Crippen LogP contribution in [0.5, 0.6) is 34.5 Å². The number of nitrogens with one attached hydrogen (secondary N) is 3. The number of esters is 6. The summed E-state index contributed by atoms with van der Waals surface area (Å²) in [6, 6.07) is 34.5. The minimum Gasteiger partial charge on any atom is -0.494 e. The molecule has 66 nitrogen and oxygen atoms in total. The van der Waals surface area contributed by atoms with E-state index in [1.165, 1.54) is 42.0 Å². The van der Waals surface area contributed by atoms with Crippen LogP contribution in [0, 0.1) is 16.6 Å². The lowest BCUT2D eigenvalue weighted by atomic mass is 10.0. The molecule has 0 radical (unpaired) electrons. The van der Waals surface area contributed by atoms with Gasteiger partial charge in [0.25, 0.3) is 0 Å². The molecule has 0 aromatic heterocycles. The number of nitrogens with two attached hydrogens (primary N) is 1. The average molecular weight is 1800 g/mol. The van der Waals surface area contributed by atoms with Crippen LogP contribution in [0.4, 0.5) is 0 Å². The van der Waals surface area contributed by atoms with E-state index in [-0.39, 0.29) is 17.5 Å². The van der Waals surface area contributed by atoms with E-state index >= 15 is 0 Å². The van der Waals surface area contributed by atoms with E-state index in [2.05, 4.69) is 290 Å². The Morgan fingerprint density at radius 2 is 0.531 bits per heavy atom. The minimum absolute atomic E-state index is 0.285. The smallest absolute Gasteiger partial charge is 0.343 e. The quantitative estimate of drug-likeness (QED) is 0.00410. The van der Waals surface area contributed by atoms with Crippen LogP contribution in [-0.2, 0) is 39.8 Å². The summed E-state index contributed by atoms with van der Waals surface area (Å²) in [6.07, 6.45) is 19.1. The Balaban J connectivity index is 0.000000604. The van der Waals surface area contributed by atoms with Crippen LogP contribution in [0.3, 0.4) is 0 Å². The van der Waals surface area contributed by atoms with Crippen molar-refractivity contribution in [2.75, 3.05) is 39.6 Å². The van der Waals surface area contributed by atoms with E-state index < -0.39 is 29.8 Å². The summed E-state index contributed by atoms with van der Waals surface area (Å²) in [4.78, 5) is 70.1. The Bertz CT molecular complexity index is 4770. The number of unbranched alkanes of at least 4 members (excludes halogenated alkanes) is 8. The zero-order chi connectivity index (χ0) is 93.9. The molecule has 5 rings (SSSR count). The average Bonchev–Trinajstić information content (AvgIpc) is 0.855. The summed E-state index contributed by atoms with van der Waals surface area (Å²) in [7, 11) is 0. The predicted octanol–water partition coefficient (Wildman–Crippen LogP) is 21.9. The van der Waals surface area contributed by atoms with Crippen molar-refractivity contribution in [2.24, 2.45) is 251 Å². The van der Waals surface area contributed by atoms with Crippen LogP contribution in [0.1, 0.15) is 116 Å². The van der Waals surface area contributed by atoms with Gasteiger partial charge >= 0.3 is 35.8 Å². The number of nitrogens with zero attached hydrogens (tertiary/aromatic N) is 47. The van der Waals surface area contributed by atoms with Gasteiger partial charge in [-0.15, -0.1) is 0 Å². The van der Waals surface area contributed by atoms with Gasteiger partial charge in [-0.2, -0.15) is 16.6 Å². The first-order valence-electron chi connectivity index (χ1n) is 36.5. The topological polar surface area (TPSA) is 864 Å². The number of ether oxygens (including phenoxy) is 9. The standard InChI is InChI=1S/C34H34O10.C30H38O5.H2N26.H3N25/c1-3-31(35)41-23-7-5-21-39-27-13-9-25(10-14-27)33(37)43-29-17-19-30(20-18-29)44-34(38)26-11-15-28(16-12-26)40-22-6-8-24-42-32(36)4-2;1-3-5-10-23-33-27-18-20-28(21-19-27)35-30(32)22-17-26-15-13-25(14-16-26)12-9-7-6-8-11-24-34-29(31)4-2;1-3-5-7-9-11-13-15-17-19-21-23-25-26-24-22-20-18-16-14-12-10-8-6-4-2;1-3-5-7-9-11-13-15-17-19-21-23-25-24-22-20-18-16-14-12-10-8-6-4-2/h3-4,9-20H,1-2,5-8,21-24H2;4,13-22H,2-3,5-12,23-24H2,1H3;1-2H;(H3,1,2,5,6,9,10,13,14,17,18,21,22,25)/b;;3-1?,4-2?,7-5+,8-6+,11-9+,12-10+,15-13+,16-14+,19-17+,20-18+,23-21+,24-22+,26-25+;. The number of hydrogen-bond acceptors (Lipinski definition) is 19. The molecule has 0 spiro atoms. The Morgan fingerprint density at radius 1 is 0.285 bits per heavy atom. The van der Waals surface area contributed by atoms with Gasteiger partial charge in [0.2, 0.25) is 0 Å². The third kappa shape index (κ3) is 63.1. The molecule has 5 N–H and O–H groups in total. The Labute approximate surface area is 730 Å². The number of carbonyl (C=O) groups is 6. The number of aryl methyl sites for hydroxylation is 1. The highest BCUT2D eigenvalue weighted by molar-refractivity contribution is 5.92. The van der Waals surface area contributed by atoms with Crippen LogP contribution in [0.25, 0.3) is 6.08 Å². The summed E-state index contributed by atoms with van der Waals surface area (Å²) in [5.41, 5.74) is 21.5. The second-order valence-corrected chi connectivity index (χ2v) is 21.8. The molecule has 0 aliphatic rings. The molecular weight excluding hydrogens is 1720 g/mol. The molecule has 130 heavy (non-hydrogen) atoms. The first-order chi connectivity index (χ1) is 63.8. The summed E-state index contributed by atoms with van der Waals surface area (Å²) in [6.45, 7) is 14.9. The fraction of sp³-hybridized carbons (Fsp3) is 0.312. The van der Waals surface area contributed by atoms with Crippen molar-refractivity contribution in [1.82, 2.24) is 0 Å². The van der Waals surface area contributed by atoms with Gasteiger partial charge < -0.3 is 48.5 Å². The van der Waals surface area contributed by atoms with Gasteiger partial charge in [0.1, 0.15) is 34.5 Å². The van der Waals surface area contributed by atoms with Crippen molar-refractivity contribution < 1.29 is 71.4 Å². The Hall–Kier alpha value is -18.9. The van der Waals surface area contributed by atoms with E-state index in [0.717, 1.165) is 81.3 Å². The van der Waals surface area contributed by atoms with Gasteiger partial charge in [-0.25, -0.2) is 28.8 Å². The zero-order valence-electron chi connectivity index (χ0n) is 68.2. The Kier molecular flexibility index (Phi) is 64.8. The SMILES string of the molecule is C=CC(=O)OCCCCCCCc1ccc(C=CC(=O)Oc2ccc(OCCCCC)cc2)cc1.C=CC(=O)OCCCCOc1ccc(C(=O)Oc2ccc(OC(=O)c3ccc(OCCCCOC(=O)C=C)cc3)cc2)cc1.N=N/N=N/N=N/N=N/N=N/N=N/N=N/N=N/N=N/N=N/N=N/N=N/N.N=N/N=N/N=N/N=N/N=N/N=N/N=N/N=N/N=N/N=N/N=N/N=N/N=N. The largest absolute Gasteiger partial charge is 0.494 e. The molecule has 0 heterocycles. The lowest BCUT2D eigenvalue weighted by Gasteiger charge is -2.09. The first kappa shape index (κ1) is 107. The summed E-state index contributed by atoms with van der Waals surface area (Å²) < 4.78 is 47.9. The van der Waals surface area contributed by atoms with Crippen molar-refractivity contribution in [1.29, 1.82) is 16.6 Å². The molecule has 0 saturated carbocycles. The fourth-order valence-corrected chi connectivity index (χ4v) is 7.76. The van der Waals surface area contributed by atoms with Gasteiger partial charge in [-0.05, 0) is 328 Å². The highest BCUT2D eigenvalue weighted by atomic mass is 16.6. The summed E-state index contributed by atoms with van der Waals surface area (Å²) in [5, 5.41) is 137. The van der Waals surface area contributed by atoms with Crippen LogP contribution in [0.15, 0.2) is 411 Å². The van der Waals surface area contributed by atoms with E-state index in [1.807, 2.05) is 24.3 Å². The van der Waals surface area contributed by atoms with Crippen molar-refractivity contribution in [3.8, 4) is 34.5 Å². The molecule has 0 unspecified atom stereocenters. The number of rotatable bonds is 58. The van der Waals surface area contributed by atoms with Gasteiger partial charge in [-0.1, -0.05) is 88.3 Å². The van der Waals surface area contributed by atoms with Gasteiger partial charge in [0.05, 0.1) is 50.8 Å². The molecule has 0 atom stereocenters. The third-order valence-electron chi connectivity index (χ3n) is 13.2. The highest BCUT2D eigenvalue weighted by Gasteiger charge is 2.13. The van der Waals surface area contributed by atoms with Crippen LogP contribution in [-0.4, -0.2) is 75.5 Å². The zero-order valence-corrected chi connectivity index (χ0v) is 68.2. The number of hydrogen-bond donors (Lipinski definition) is 4. The van der Waals surface area contributed by atoms with E-state index in [4.69, 9.17) is 59.2 Å². The third-order valence-corrected chi connectivity index (χ3v) is 13.2. The van der Waals surface area contributed by atoms with E-state index in [1.54, 1.807) is 66.7 Å². The molecule has 66 heteroatoms. The molecule has 0 bridgehead atoms. The molecule has 5 aromatic rings. The maximum atomic E-state index is 12.5. The monoisotopic (exact) mass is 1800 g/mol. The van der Waals surface area contributed by atoms with Crippen molar-refractivity contribution >= 4 is 41.9 Å². The normalized spacial score (nSPS) is 12.0. The maximum absolute atomic E-state index is 12.5. The summed E-state index contributed by atoms with van der Waals surface area (Å²) in [5.74, 6) is 4.87. The Morgan fingerprint density at radius 3 is 0.823 bits per heavy atom. The van der Waals surface area contributed by atoms with Gasteiger partial charge in [0, 0.05) is 103 Å². The van der Waals surface area contributed by atoms with E-state index in [0.29, 0.717) is 93.7 Å². The second-order valence-electron chi connectivity index (χ2n) is 21.8. The number of carbonyl (C=O) groups excluding carboxylic acids is 6. The maximum Gasteiger partial charge on any atom is 0.343 e. The minimum atomic E-state index is -0.552. The molecule has 0 aliphatic heterocycles. The first-order valence-corrected chi connectivity index (χ1v) is 36.5. The molecule has 0 saturated heterocycles. The van der Waals surface area contributed by atoms with Crippen molar-refractivity contribution in [3.63, 3.8) is 0 Å². The summed E-state index contributed by atoms with van der Waals surface area (Å²) >= 11 is 0. The molecular formula is C64H77N51O15. The number of benzene rings is 5. The lowest BCUT2D eigenvalue weighted by Crippen LogP contribution is -2.10. The van der Waals surface area contributed by atoms with Crippen LogP contribution < -0.4 is 34.3 Å². The van der Waals surface area contributed by atoms with Crippen LogP contribution >= 0.6 is 0 Å². The molecule has 0 fully saturated rings. The van der Waals surface area contributed by atoms with Crippen molar-refractivity contribution in [2.45, 2.75) is 90.4 Å². The molecule has 5 aromatic carbocycles. The van der Waals surface area contributed by atoms with Gasteiger partial charge in [0.15, 0.2) is 0 Å². The second kappa shape index (κ2) is 78.6. The lowest BCUT2D eigenvalue weighted by molar-refractivity contribution is -0.138. The molecule has 0 amide bonds. The van der Waals surface area contributed by atoms with Gasteiger partial charge in [-0.3, -0.25) is 0 Å².